The normalized spacial score (nSPS) is 13.4. The van der Waals surface area contributed by atoms with Gasteiger partial charge in [-0.1, -0.05) is 6.92 Å². The van der Waals surface area contributed by atoms with E-state index in [-0.39, 0.29) is 11.5 Å². The van der Waals surface area contributed by atoms with Crippen molar-refractivity contribution in [3.63, 3.8) is 0 Å². The van der Waals surface area contributed by atoms with Crippen LogP contribution < -0.4 is 0 Å². The van der Waals surface area contributed by atoms with Crippen LogP contribution in [-0.2, 0) is 25.1 Å². The van der Waals surface area contributed by atoms with E-state index in [0.717, 1.165) is 0 Å². The molecule has 1 aromatic heterocycles. The number of sulfone groups is 1. The van der Waals surface area contributed by atoms with Gasteiger partial charge in [-0.25, -0.2) is 13.4 Å². The molecule has 0 aliphatic rings. The van der Waals surface area contributed by atoms with E-state index in [1.807, 2.05) is 0 Å². The fourth-order valence-corrected chi connectivity index (χ4v) is 3.90. The first-order valence-corrected chi connectivity index (χ1v) is 7.31. The van der Waals surface area contributed by atoms with Gasteiger partial charge >= 0.3 is 5.97 Å². The number of thiazole rings is 1. The van der Waals surface area contributed by atoms with Crippen molar-refractivity contribution in [1.29, 1.82) is 0 Å². The molecule has 1 heterocycles. The fraction of sp³-hybridized carbons (Fsp3) is 0.556. The molecule has 0 bridgehead atoms. The highest BCUT2D eigenvalue weighted by Crippen LogP contribution is 2.12. The zero-order valence-corrected chi connectivity index (χ0v) is 10.7. The predicted molar refractivity (Wildman–Crippen MR) is 60.8 cm³/mol. The van der Waals surface area contributed by atoms with Crippen LogP contribution in [0.3, 0.4) is 0 Å². The molecular formula is C9H13NO4S2. The number of methoxy groups -OCH3 is 1. The average molecular weight is 263 g/mol. The van der Waals surface area contributed by atoms with Crippen LogP contribution in [0.15, 0.2) is 11.6 Å². The lowest BCUT2D eigenvalue weighted by Crippen LogP contribution is -2.23. The highest BCUT2D eigenvalue weighted by Gasteiger charge is 2.23. The van der Waals surface area contributed by atoms with Crippen molar-refractivity contribution in [3.05, 3.63) is 16.6 Å². The number of esters is 1. The van der Waals surface area contributed by atoms with E-state index in [1.54, 1.807) is 11.6 Å². The molecule has 0 saturated heterocycles. The van der Waals surface area contributed by atoms with Gasteiger partial charge in [0.15, 0.2) is 9.84 Å². The molecule has 0 spiro atoms. The molecule has 90 valence electrons. The van der Waals surface area contributed by atoms with Crippen molar-refractivity contribution in [1.82, 2.24) is 4.98 Å². The average Bonchev–Trinajstić information content (AvgIpc) is 2.67. The van der Waals surface area contributed by atoms with Gasteiger partial charge in [0.1, 0.15) is 10.8 Å². The zero-order valence-electron chi connectivity index (χ0n) is 9.04. The van der Waals surface area contributed by atoms with Gasteiger partial charge < -0.3 is 4.74 Å². The predicted octanol–water partition coefficient (Wildman–Crippen LogP) is 0.867. The van der Waals surface area contributed by atoms with Gasteiger partial charge in [-0.3, -0.25) is 4.79 Å². The van der Waals surface area contributed by atoms with Crippen molar-refractivity contribution in [3.8, 4) is 0 Å². The largest absolute Gasteiger partial charge is 0.469 e. The molecule has 7 heteroatoms. The lowest BCUT2D eigenvalue weighted by Gasteiger charge is -2.08. The van der Waals surface area contributed by atoms with Gasteiger partial charge in [0.25, 0.3) is 0 Å². The molecule has 1 atom stereocenters. The monoisotopic (exact) mass is 263 g/mol. The maximum atomic E-state index is 11.7. The smallest absolute Gasteiger partial charge is 0.309 e. The lowest BCUT2D eigenvalue weighted by molar-refractivity contribution is -0.144. The molecular weight excluding hydrogens is 250 g/mol. The second kappa shape index (κ2) is 5.40. The second-order valence-corrected chi connectivity index (χ2v) is 6.49. The summed E-state index contributed by atoms with van der Waals surface area (Å²) >= 11 is 1.28. The summed E-state index contributed by atoms with van der Waals surface area (Å²) in [5.74, 6) is -1.48. The van der Waals surface area contributed by atoms with Crippen molar-refractivity contribution >= 4 is 27.1 Å². The number of rotatable bonds is 5. The van der Waals surface area contributed by atoms with E-state index in [2.05, 4.69) is 9.72 Å². The molecule has 0 aliphatic carbocycles. The maximum Gasteiger partial charge on any atom is 0.309 e. The molecule has 1 rings (SSSR count). The Morgan fingerprint density at radius 2 is 2.31 bits per heavy atom. The molecule has 0 amide bonds. The Morgan fingerprint density at radius 3 is 2.81 bits per heavy atom. The van der Waals surface area contributed by atoms with Crippen molar-refractivity contribution in [2.75, 3.05) is 12.9 Å². The molecule has 0 aliphatic heterocycles. The first-order valence-electron chi connectivity index (χ1n) is 4.61. The van der Waals surface area contributed by atoms with Gasteiger partial charge in [-0.05, 0) is 0 Å². The summed E-state index contributed by atoms with van der Waals surface area (Å²) in [4.78, 5) is 15.0. The van der Waals surface area contributed by atoms with Gasteiger partial charge in [-0.2, -0.15) is 0 Å². The van der Waals surface area contributed by atoms with E-state index >= 15 is 0 Å². The summed E-state index contributed by atoms with van der Waals surface area (Å²) in [5.41, 5.74) is 0. The Labute approximate surface area is 98.4 Å². The molecule has 5 nitrogen and oxygen atoms in total. The standard InChI is InChI=1S/C9H13NO4S2/c1-7(9(11)14-2)5-16(12,13)6-8-10-3-4-15-8/h3-4,7H,5-6H2,1-2H3. The molecule has 1 unspecified atom stereocenters. The summed E-state index contributed by atoms with van der Waals surface area (Å²) in [6, 6.07) is 0. The highest BCUT2D eigenvalue weighted by molar-refractivity contribution is 7.90. The Hall–Kier alpha value is -0.950. The topological polar surface area (TPSA) is 73.3 Å². The van der Waals surface area contributed by atoms with E-state index in [4.69, 9.17) is 0 Å². The number of ether oxygens (including phenoxy) is 1. The Bertz CT molecular complexity index is 438. The number of nitrogens with zero attached hydrogens (tertiary/aromatic N) is 1. The van der Waals surface area contributed by atoms with Crippen LogP contribution in [0.1, 0.15) is 11.9 Å². The molecule has 1 aromatic rings. The number of hydrogen-bond donors (Lipinski definition) is 0. The van der Waals surface area contributed by atoms with E-state index in [1.165, 1.54) is 25.4 Å². The van der Waals surface area contributed by atoms with Gasteiger partial charge in [-0.15, -0.1) is 11.3 Å². The van der Waals surface area contributed by atoms with E-state index in [9.17, 15) is 13.2 Å². The molecule has 0 fully saturated rings. The lowest BCUT2D eigenvalue weighted by atomic mass is 10.2. The maximum absolute atomic E-state index is 11.7. The Kier molecular flexibility index (Phi) is 4.43. The molecule has 0 radical (unpaired) electrons. The minimum absolute atomic E-state index is 0.119. The summed E-state index contributed by atoms with van der Waals surface area (Å²) in [7, 11) is -2.07. The van der Waals surface area contributed by atoms with Crippen molar-refractivity contribution < 1.29 is 17.9 Å². The Morgan fingerprint density at radius 1 is 1.62 bits per heavy atom. The van der Waals surface area contributed by atoms with Crippen LogP contribution >= 0.6 is 11.3 Å². The van der Waals surface area contributed by atoms with E-state index in [0.29, 0.717) is 5.01 Å². The fourth-order valence-electron chi connectivity index (χ4n) is 1.22. The molecule has 0 aromatic carbocycles. The summed E-state index contributed by atoms with van der Waals surface area (Å²) in [5, 5.41) is 2.26. The van der Waals surface area contributed by atoms with Crippen molar-refractivity contribution in [2.24, 2.45) is 5.92 Å². The Balaban J connectivity index is 2.62. The third-order valence-corrected chi connectivity index (χ3v) is 4.62. The third-order valence-electron chi connectivity index (χ3n) is 1.93. The van der Waals surface area contributed by atoms with Crippen LogP contribution in [0.5, 0.6) is 0 Å². The minimum Gasteiger partial charge on any atom is -0.469 e. The SMILES string of the molecule is COC(=O)C(C)CS(=O)(=O)Cc1nccs1. The number of aromatic nitrogens is 1. The molecule has 16 heavy (non-hydrogen) atoms. The van der Waals surface area contributed by atoms with Crippen molar-refractivity contribution in [2.45, 2.75) is 12.7 Å². The van der Waals surface area contributed by atoms with Crippen LogP contribution in [-0.4, -0.2) is 32.2 Å². The summed E-state index contributed by atoms with van der Waals surface area (Å²) in [6.45, 7) is 1.53. The zero-order chi connectivity index (χ0) is 12.2. The van der Waals surface area contributed by atoms with Gasteiger partial charge in [0.05, 0.1) is 18.8 Å². The first-order chi connectivity index (χ1) is 7.44. The van der Waals surface area contributed by atoms with Crippen LogP contribution in [0.4, 0.5) is 0 Å². The second-order valence-electron chi connectivity index (χ2n) is 3.40. The third kappa shape index (κ3) is 3.90. The minimum atomic E-state index is -3.31. The summed E-state index contributed by atoms with van der Waals surface area (Å²) in [6.07, 6.45) is 1.55. The number of hydrogen-bond acceptors (Lipinski definition) is 6. The van der Waals surface area contributed by atoms with Gasteiger partial charge in [0.2, 0.25) is 0 Å². The van der Waals surface area contributed by atoms with Crippen LogP contribution in [0.25, 0.3) is 0 Å². The quantitative estimate of drug-likeness (QED) is 0.737. The number of carbonyl (C=O) groups excluding carboxylic acids is 1. The molecule has 0 N–H and O–H groups in total. The van der Waals surface area contributed by atoms with Gasteiger partial charge in [0, 0.05) is 11.6 Å². The van der Waals surface area contributed by atoms with E-state index < -0.39 is 21.7 Å². The first kappa shape index (κ1) is 13.1. The van der Waals surface area contributed by atoms with Crippen LogP contribution in [0.2, 0.25) is 0 Å². The highest BCUT2D eigenvalue weighted by atomic mass is 32.2. The summed E-state index contributed by atoms with van der Waals surface area (Å²) < 4.78 is 27.9. The number of carbonyl (C=O) groups is 1. The van der Waals surface area contributed by atoms with Crippen LogP contribution in [0, 0.1) is 5.92 Å². The molecule has 0 saturated carbocycles.